The van der Waals surface area contributed by atoms with Crippen molar-refractivity contribution in [1.29, 1.82) is 0 Å². The molecule has 0 spiro atoms. The van der Waals surface area contributed by atoms with Gasteiger partial charge in [0.2, 0.25) is 0 Å². The number of aryl methyl sites for hydroxylation is 2. The topological polar surface area (TPSA) is 29.9 Å². The van der Waals surface area contributed by atoms with Crippen LogP contribution in [0.25, 0.3) is 0 Å². The van der Waals surface area contributed by atoms with Crippen LogP contribution in [0.3, 0.4) is 0 Å². The molecule has 0 aliphatic carbocycles. The lowest BCUT2D eigenvalue weighted by atomic mass is 9.94. The predicted octanol–water partition coefficient (Wildman–Crippen LogP) is 3.40. The lowest BCUT2D eigenvalue weighted by Gasteiger charge is -2.18. The summed E-state index contributed by atoms with van der Waals surface area (Å²) < 4.78 is 2.15. The van der Waals surface area contributed by atoms with E-state index in [1.54, 1.807) is 0 Å². The van der Waals surface area contributed by atoms with E-state index in [-0.39, 0.29) is 0 Å². The van der Waals surface area contributed by atoms with E-state index >= 15 is 0 Å². The molecule has 1 aromatic carbocycles. The van der Waals surface area contributed by atoms with Crippen molar-refractivity contribution in [2.24, 2.45) is 0 Å². The number of nitrogens with one attached hydrogen (secondary N) is 1. The maximum atomic E-state index is 4.67. The first kappa shape index (κ1) is 15.8. The fourth-order valence-corrected chi connectivity index (χ4v) is 2.73. The second kappa shape index (κ2) is 7.99. The molecule has 1 heterocycles. The van der Waals surface area contributed by atoms with E-state index in [9.17, 15) is 0 Å². The Bertz CT molecular complexity index is 531. The third-order valence-corrected chi connectivity index (χ3v) is 3.94. The molecule has 0 bridgehead atoms. The van der Waals surface area contributed by atoms with Crippen molar-refractivity contribution in [3.8, 4) is 0 Å². The van der Waals surface area contributed by atoms with Gasteiger partial charge in [0.1, 0.15) is 0 Å². The van der Waals surface area contributed by atoms with Gasteiger partial charge in [-0.25, -0.2) is 0 Å². The second-order valence-electron chi connectivity index (χ2n) is 5.42. The molecule has 0 aliphatic heterocycles. The van der Waals surface area contributed by atoms with Crippen molar-refractivity contribution in [3.05, 3.63) is 53.3 Å². The molecular weight excluding hydrogens is 258 g/mol. The van der Waals surface area contributed by atoms with Gasteiger partial charge in [-0.15, -0.1) is 0 Å². The van der Waals surface area contributed by atoms with Crippen molar-refractivity contribution >= 4 is 0 Å². The quantitative estimate of drug-likeness (QED) is 0.805. The van der Waals surface area contributed by atoms with Crippen molar-refractivity contribution in [1.82, 2.24) is 15.1 Å². The molecule has 3 nitrogen and oxygen atoms in total. The first-order chi connectivity index (χ1) is 10.3. The van der Waals surface area contributed by atoms with Crippen molar-refractivity contribution < 1.29 is 0 Å². The fourth-order valence-electron chi connectivity index (χ4n) is 2.73. The average molecular weight is 285 g/mol. The summed E-state index contributed by atoms with van der Waals surface area (Å²) in [6.07, 6.45) is 2.04. The first-order valence-corrected chi connectivity index (χ1v) is 8.09. The Balaban J connectivity index is 2.20. The van der Waals surface area contributed by atoms with E-state index in [1.165, 1.54) is 17.0 Å². The van der Waals surface area contributed by atoms with Crippen LogP contribution < -0.4 is 5.32 Å². The summed E-state index contributed by atoms with van der Waals surface area (Å²) in [5, 5.41) is 8.17. The van der Waals surface area contributed by atoms with Gasteiger partial charge in [-0.3, -0.25) is 4.68 Å². The molecule has 1 aromatic heterocycles. The van der Waals surface area contributed by atoms with E-state index in [0.29, 0.717) is 5.92 Å². The Labute approximate surface area is 128 Å². The normalized spacial score (nSPS) is 12.5. The van der Waals surface area contributed by atoms with Crippen molar-refractivity contribution in [3.63, 3.8) is 0 Å². The summed E-state index contributed by atoms with van der Waals surface area (Å²) >= 11 is 0. The van der Waals surface area contributed by atoms with Gasteiger partial charge in [0.25, 0.3) is 0 Å². The van der Waals surface area contributed by atoms with Crippen molar-refractivity contribution in [2.75, 3.05) is 13.1 Å². The Morgan fingerprint density at radius 1 is 1.14 bits per heavy atom. The second-order valence-corrected chi connectivity index (χ2v) is 5.42. The van der Waals surface area contributed by atoms with Gasteiger partial charge in [-0.05, 0) is 37.9 Å². The molecule has 21 heavy (non-hydrogen) atoms. The van der Waals surface area contributed by atoms with Crippen LogP contribution in [0.15, 0.2) is 36.4 Å². The van der Waals surface area contributed by atoms with E-state index in [0.717, 1.165) is 32.5 Å². The Morgan fingerprint density at radius 3 is 2.52 bits per heavy atom. The van der Waals surface area contributed by atoms with Gasteiger partial charge in [0, 0.05) is 24.7 Å². The molecule has 2 aromatic rings. The van der Waals surface area contributed by atoms with Crippen molar-refractivity contribution in [2.45, 2.75) is 46.1 Å². The van der Waals surface area contributed by atoms with Crippen LogP contribution in [0.4, 0.5) is 0 Å². The minimum absolute atomic E-state index is 0.498. The Hall–Kier alpha value is -1.61. The van der Waals surface area contributed by atoms with Crippen LogP contribution in [0.2, 0.25) is 0 Å². The summed E-state index contributed by atoms with van der Waals surface area (Å²) in [6.45, 7) is 9.45. The molecule has 0 amide bonds. The number of aromatic nitrogens is 2. The molecule has 0 saturated heterocycles. The molecule has 3 heteroatoms. The molecule has 1 atom stereocenters. The number of likely N-dealkylation sites (N-methyl/N-ethyl adjacent to an activating group) is 1. The van der Waals surface area contributed by atoms with Crippen LogP contribution in [0.1, 0.15) is 43.6 Å². The van der Waals surface area contributed by atoms with Crippen LogP contribution in [-0.2, 0) is 19.4 Å². The van der Waals surface area contributed by atoms with Gasteiger partial charge in [0.15, 0.2) is 0 Å². The monoisotopic (exact) mass is 285 g/mol. The van der Waals surface area contributed by atoms with Crippen LogP contribution >= 0.6 is 0 Å². The predicted molar refractivity (Wildman–Crippen MR) is 88.7 cm³/mol. The number of hydrogen-bond donors (Lipinski definition) is 1. The lowest BCUT2D eigenvalue weighted by molar-refractivity contribution is 0.550. The van der Waals surface area contributed by atoms with Gasteiger partial charge in [0.05, 0.1) is 5.69 Å². The highest BCUT2D eigenvalue weighted by Gasteiger charge is 2.15. The highest BCUT2D eigenvalue weighted by Crippen LogP contribution is 2.21. The number of nitrogens with zero attached hydrogens (tertiary/aromatic N) is 2. The maximum Gasteiger partial charge on any atom is 0.0624 e. The van der Waals surface area contributed by atoms with Gasteiger partial charge in [-0.2, -0.15) is 5.10 Å². The Morgan fingerprint density at radius 2 is 1.90 bits per heavy atom. The summed E-state index contributed by atoms with van der Waals surface area (Å²) in [7, 11) is 0. The molecule has 1 unspecified atom stereocenters. The molecule has 114 valence electrons. The average Bonchev–Trinajstić information content (AvgIpc) is 2.94. The van der Waals surface area contributed by atoms with Gasteiger partial charge < -0.3 is 5.32 Å². The molecule has 2 rings (SSSR count). The highest BCUT2D eigenvalue weighted by molar-refractivity contribution is 5.23. The first-order valence-electron chi connectivity index (χ1n) is 8.09. The zero-order valence-electron chi connectivity index (χ0n) is 13.5. The van der Waals surface area contributed by atoms with Crippen LogP contribution in [-0.4, -0.2) is 22.9 Å². The Kier molecular flexibility index (Phi) is 6.00. The standard InChI is InChI=1S/C18H27N3/c1-4-17-13-18(21(6-3)20-17)12-16(14-19-5-2)15-10-8-7-9-11-15/h7-11,13,16,19H,4-6,12,14H2,1-3H3. The molecular formula is C18H27N3. The molecule has 0 aliphatic rings. The van der Waals surface area contributed by atoms with E-state index in [4.69, 9.17) is 0 Å². The SMILES string of the molecule is CCNCC(Cc1cc(CC)nn1CC)c1ccccc1. The maximum absolute atomic E-state index is 4.67. The summed E-state index contributed by atoms with van der Waals surface area (Å²) in [5.74, 6) is 0.498. The molecule has 1 N–H and O–H groups in total. The highest BCUT2D eigenvalue weighted by atomic mass is 15.3. The summed E-state index contributed by atoms with van der Waals surface area (Å²) in [4.78, 5) is 0. The third-order valence-electron chi connectivity index (χ3n) is 3.94. The smallest absolute Gasteiger partial charge is 0.0624 e. The zero-order chi connectivity index (χ0) is 15.1. The number of rotatable bonds is 8. The number of hydrogen-bond acceptors (Lipinski definition) is 2. The molecule has 0 radical (unpaired) electrons. The van der Waals surface area contributed by atoms with Crippen LogP contribution in [0.5, 0.6) is 0 Å². The molecule has 0 fully saturated rings. The van der Waals surface area contributed by atoms with Gasteiger partial charge in [-0.1, -0.05) is 44.2 Å². The van der Waals surface area contributed by atoms with Crippen LogP contribution in [0, 0.1) is 0 Å². The summed E-state index contributed by atoms with van der Waals surface area (Å²) in [5.41, 5.74) is 3.95. The largest absolute Gasteiger partial charge is 0.316 e. The summed E-state index contributed by atoms with van der Waals surface area (Å²) in [6, 6.07) is 13.1. The zero-order valence-corrected chi connectivity index (χ0v) is 13.5. The van der Waals surface area contributed by atoms with Gasteiger partial charge >= 0.3 is 0 Å². The lowest BCUT2D eigenvalue weighted by Crippen LogP contribution is -2.23. The van der Waals surface area contributed by atoms with E-state index in [1.807, 2.05) is 0 Å². The minimum Gasteiger partial charge on any atom is -0.316 e. The number of benzene rings is 1. The third kappa shape index (κ3) is 4.18. The fraction of sp³-hybridized carbons (Fsp3) is 0.500. The van der Waals surface area contributed by atoms with E-state index < -0.39 is 0 Å². The minimum atomic E-state index is 0.498. The molecule has 0 saturated carbocycles. The van der Waals surface area contributed by atoms with E-state index in [2.05, 4.69) is 72.3 Å².